The van der Waals surface area contributed by atoms with Crippen LogP contribution in [0.25, 0.3) is 11.4 Å². The van der Waals surface area contributed by atoms with Crippen LogP contribution in [0.4, 0.5) is 0 Å². The van der Waals surface area contributed by atoms with E-state index < -0.39 is 5.97 Å². The van der Waals surface area contributed by atoms with Gasteiger partial charge in [-0.2, -0.15) is 0 Å². The Morgan fingerprint density at radius 3 is 2.71 bits per heavy atom. The third kappa shape index (κ3) is 2.28. The summed E-state index contributed by atoms with van der Waals surface area (Å²) >= 11 is 0. The first-order valence-corrected chi connectivity index (χ1v) is 5.08. The fourth-order valence-electron chi connectivity index (χ4n) is 1.50. The van der Waals surface area contributed by atoms with Gasteiger partial charge in [0.15, 0.2) is 11.5 Å². The number of aromatic nitrogens is 3. The molecule has 0 aliphatic heterocycles. The van der Waals surface area contributed by atoms with Gasteiger partial charge in [-0.05, 0) is 31.5 Å². The van der Waals surface area contributed by atoms with Crippen LogP contribution < -0.4 is 0 Å². The Morgan fingerprint density at radius 2 is 2.06 bits per heavy atom. The van der Waals surface area contributed by atoms with E-state index in [1.54, 1.807) is 19.3 Å². The molecule has 0 bridgehead atoms. The first-order valence-electron chi connectivity index (χ1n) is 5.08. The zero-order valence-corrected chi connectivity index (χ0v) is 9.51. The highest BCUT2D eigenvalue weighted by Gasteiger charge is 2.11. The van der Waals surface area contributed by atoms with Gasteiger partial charge in [-0.25, -0.2) is 14.8 Å². The fraction of sp³-hybridized carbons (Fsp3) is 0.167. The smallest absolute Gasteiger partial charge is 0.354 e. The van der Waals surface area contributed by atoms with Crippen molar-refractivity contribution in [2.45, 2.75) is 13.8 Å². The Labute approximate surface area is 98.2 Å². The van der Waals surface area contributed by atoms with E-state index in [9.17, 15) is 4.79 Å². The number of aromatic carboxylic acids is 1. The molecule has 0 saturated carbocycles. The number of aryl methyl sites for hydroxylation is 2. The van der Waals surface area contributed by atoms with Gasteiger partial charge in [0.25, 0.3) is 0 Å². The second-order valence-electron chi connectivity index (χ2n) is 3.71. The van der Waals surface area contributed by atoms with Crippen molar-refractivity contribution in [1.82, 2.24) is 15.0 Å². The molecule has 5 nitrogen and oxygen atoms in total. The minimum absolute atomic E-state index is 0.00393. The largest absolute Gasteiger partial charge is 0.477 e. The quantitative estimate of drug-likeness (QED) is 0.850. The van der Waals surface area contributed by atoms with Crippen molar-refractivity contribution in [3.8, 4) is 11.4 Å². The monoisotopic (exact) mass is 229 g/mol. The SMILES string of the molecule is Cc1cc(C(=O)O)nc(-c2cnccc2C)n1. The van der Waals surface area contributed by atoms with Gasteiger partial charge in [-0.15, -0.1) is 0 Å². The van der Waals surface area contributed by atoms with E-state index in [0.29, 0.717) is 11.5 Å². The second-order valence-corrected chi connectivity index (χ2v) is 3.71. The molecule has 86 valence electrons. The summed E-state index contributed by atoms with van der Waals surface area (Å²) in [5.41, 5.74) is 2.33. The lowest BCUT2D eigenvalue weighted by Crippen LogP contribution is -2.05. The molecule has 1 N–H and O–H groups in total. The van der Waals surface area contributed by atoms with Gasteiger partial charge in [0.05, 0.1) is 0 Å². The molecule has 0 radical (unpaired) electrons. The Kier molecular flexibility index (Phi) is 2.82. The van der Waals surface area contributed by atoms with Gasteiger partial charge in [-0.1, -0.05) is 0 Å². The van der Waals surface area contributed by atoms with Gasteiger partial charge in [-0.3, -0.25) is 4.98 Å². The predicted molar refractivity (Wildman–Crippen MR) is 61.7 cm³/mol. The summed E-state index contributed by atoms with van der Waals surface area (Å²) < 4.78 is 0. The summed E-state index contributed by atoms with van der Waals surface area (Å²) in [7, 11) is 0. The molecule has 0 aliphatic rings. The van der Waals surface area contributed by atoms with Crippen molar-refractivity contribution in [1.29, 1.82) is 0 Å². The lowest BCUT2D eigenvalue weighted by Gasteiger charge is -2.05. The molecule has 0 aliphatic carbocycles. The third-order valence-electron chi connectivity index (χ3n) is 2.35. The predicted octanol–water partition coefficient (Wildman–Crippen LogP) is 1.85. The normalized spacial score (nSPS) is 10.2. The standard InChI is InChI=1S/C12H11N3O2/c1-7-3-4-13-6-9(7)11-14-8(2)5-10(15-11)12(16)17/h3-6H,1-2H3,(H,16,17). The fourth-order valence-corrected chi connectivity index (χ4v) is 1.50. The summed E-state index contributed by atoms with van der Waals surface area (Å²) in [5.74, 6) is -0.661. The molecular formula is C12H11N3O2. The summed E-state index contributed by atoms with van der Waals surface area (Å²) in [4.78, 5) is 23.2. The lowest BCUT2D eigenvalue weighted by molar-refractivity contribution is 0.0690. The molecule has 2 rings (SSSR count). The van der Waals surface area contributed by atoms with E-state index in [2.05, 4.69) is 15.0 Å². The van der Waals surface area contributed by atoms with E-state index >= 15 is 0 Å². The highest BCUT2D eigenvalue weighted by atomic mass is 16.4. The zero-order valence-electron chi connectivity index (χ0n) is 9.51. The van der Waals surface area contributed by atoms with E-state index in [0.717, 1.165) is 11.1 Å². The summed E-state index contributed by atoms with van der Waals surface area (Å²) in [5, 5.41) is 8.94. The second kappa shape index (κ2) is 4.29. The minimum atomic E-state index is -1.06. The number of carboxylic acid groups (broad SMARTS) is 1. The first kappa shape index (κ1) is 11.2. The van der Waals surface area contributed by atoms with Gasteiger partial charge in [0, 0.05) is 23.7 Å². The van der Waals surface area contributed by atoms with Gasteiger partial charge in [0.1, 0.15) is 0 Å². The molecular weight excluding hydrogens is 218 g/mol. The summed E-state index contributed by atoms with van der Waals surface area (Å²) in [6.45, 7) is 3.65. The molecule has 0 fully saturated rings. The van der Waals surface area contributed by atoms with Crippen LogP contribution in [0.2, 0.25) is 0 Å². The van der Waals surface area contributed by atoms with Crippen molar-refractivity contribution >= 4 is 5.97 Å². The van der Waals surface area contributed by atoms with E-state index in [-0.39, 0.29) is 5.69 Å². The van der Waals surface area contributed by atoms with E-state index in [1.807, 2.05) is 13.0 Å². The first-order chi connectivity index (χ1) is 8.08. The lowest BCUT2D eigenvalue weighted by atomic mass is 10.1. The maximum absolute atomic E-state index is 10.9. The van der Waals surface area contributed by atoms with Crippen LogP contribution >= 0.6 is 0 Å². The van der Waals surface area contributed by atoms with Crippen molar-refractivity contribution in [2.75, 3.05) is 0 Å². The molecule has 2 aromatic rings. The number of rotatable bonds is 2. The third-order valence-corrected chi connectivity index (χ3v) is 2.35. The number of pyridine rings is 1. The maximum Gasteiger partial charge on any atom is 0.354 e. The van der Waals surface area contributed by atoms with Crippen LogP contribution in [0.5, 0.6) is 0 Å². The van der Waals surface area contributed by atoms with Crippen LogP contribution in [-0.2, 0) is 0 Å². The molecule has 0 amide bonds. The average Bonchev–Trinajstić information content (AvgIpc) is 2.28. The molecule has 5 heteroatoms. The van der Waals surface area contributed by atoms with Gasteiger partial charge < -0.3 is 5.11 Å². The number of hydrogen-bond acceptors (Lipinski definition) is 4. The van der Waals surface area contributed by atoms with Crippen LogP contribution in [0, 0.1) is 13.8 Å². The van der Waals surface area contributed by atoms with E-state index in [4.69, 9.17) is 5.11 Å². The molecule has 17 heavy (non-hydrogen) atoms. The number of carbonyl (C=O) groups is 1. The van der Waals surface area contributed by atoms with Crippen LogP contribution in [-0.4, -0.2) is 26.0 Å². The molecule has 0 saturated heterocycles. The molecule has 0 aromatic carbocycles. The minimum Gasteiger partial charge on any atom is -0.477 e. The zero-order chi connectivity index (χ0) is 12.4. The highest BCUT2D eigenvalue weighted by Crippen LogP contribution is 2.18. The average molecular weight is 229 g/mol. The van der Waals surface area contributed by atoms with Crippen molar-refractivity contribution in [3.63, 3.8) is 0 Å². The Balaban J connectivity index is 2.60. The van der Waals surface area contributed by atoms with Crippen LogP contribution in [0.1, 0.15) is 21.7 Å². The van der Waals surface area contributed by atoms with Crippen LogP contribution in [0.15, 0.2) is 24.5 Å². The Hall–Kier alpha value is -2.30. The molecule has 2 aromatic heterocycles. The molecule has 0 unspecified atom stereocenters. The Morgan fingerprint density at radius 1 is 1.29 bits per heavy atom. The number of nitrogens with zero attached hydrogens (tertiary/aromatic N) is 3. The van der Waals surface area contributed by atoms with Gasteiger partial charge in [0.2, 0.25) is 0 Å². The highest BCUT2D eigenvalue weighted by molar-refractivity contribution is 5.86. The molecule has 0 atom stereocenters. The number of hydrogen-bond donors (Lipinski definition) is 1. The van der Waals surface area contributed by atoms with Gasteiger partial charge >= 0.3 is 5.97 Å². The van der Waals surface area contributed by atoms with Crippen molar-refractivity contribution < 1.29 is 9.90 Å². The summed E-state index contributed by atoms with van der Waals surface area (Å²) in [6.07, 6.45) is 3.31. The maximum atomic E-state index is 10.9. The van der Waals surface area contributed by atoms with E-state index in [1.165, 1.54) is 6.07 Å². The van der Waals surface area contributed by atoms with Crippen molar-refractivity contribution in [3.05, 3.63) is 41.5 Å². The van der Waals surface area contributed by atoms with Crippen LogP contribution in [0.3, 0.4) is 0 Å². The topological polar surface area (TPSA) is 76.0 Å². The van der Waals surface area contributed by atoms with Crippen molar-refractivity contribution in [2.24, 2.45) is 0 Å². The molecule has 2 heterocycles. The number of carboxylic acids is 1. The Bertz CT molecular complexity index is 582. The summed E-state index contributed by atoms with van der Waals surface area (Å²) in [6, 6.07) is 3.28. The molecule has 0 spiro atoms.